The van der Waals surface area contributed by atoms with Crippen molar-refractivity contribution in [2.75, 3.05) is 13.0 Å². The number of unbranched alkanes of at least 4 members (excludes halogenated alkanes) is 1. The molecule has 0 amide bonds. The molecular formula is C16H22N4O2S. The molecule has 1 unspecified atom stereocenters. The van der Waals surface area contributed by atoms with E-state index < -0.39 is 0 Å². The Morgan fingerprint density at radius 3 is 2.65 bits per heavy atom. The first-order chi connectivity index (χ1) is 11.1. The number of nitrogen functional groups attached to an aromatic ring is 1. The van der Waals surface area contributed by atoms with Crippen molar-refractivity contribution in [1.82, 2.24) is 14.9 Å². The van der Waals surface area contributed by atoms with Gasteiger partial charge in [-0.25, -0.2) is 4.68 Å². The summed E-state index contributed by atoms with van der Waals surface area (Å²) < 4.78 is 6.30. The third-order valence-corrected chi connectivity index (χ3v) is 4.71. The first-order valence-electron chi connectivity index (χ1n) is 7.58. The molecule has 6 nitrogen and oxygen atoms in total. The highest BCUT2D eigenvalue weighted by Gasteiger charge is 2.24. The van der Waals surface area contributed by atoms with Gasteiger partial charge < -0.3 is 10.6 Å². The number of nitrogens with zero attached hydrogens (tertiary/aromatic N) is 3. The van der Waals surface area contributed by atoms with Crippen molar-refractivity contribution in [2.24, 2.45) is 0 Å². The quantitative estimate of drug-likeness (QED) is 0.476. The van der Waals surface area contributed by atoms with E-state index in [1.807, 2.05) is 31.2 Å². The maximum atomic E-state index is 11.9. The molecule has 7 heteroatoms. The van der Waals surface area contributed by atoms with Crippen LogP contribution in [0, 0.1) is 6.92 Å². The molecule has 1 aromatic carbocycles. The van der Waals surface area contributed by atoms with Crippen molar-refractivity contribution in [1.29, 1.82) is 0 Å². The number of carbonyl (C=O) groups excluding carboxylic acids is 1. The van der Waals surface area contributed by atoms with Crippen LogP contribution in [0.2, 0.25) is 0 Å². The fraction of sp³-hybridized carbons (Fsp3) is 0.438. The highest BCUT2D eigenvalue weighted by molar-refractivity contribution is 8.00. The largest absolute Gasteiger partial charge is 0.468 e. The average molecular weight is 334 g/mol. The molecule has 0 saturated carbocycles. The van der Waals surface area contributed by atoms with E-state index in [-0.39, 0.29) is 11.2 Å². The van der Waals surface area contributed by atoms with Crippen molar-refractivity contribution in [3.8, 4) is 11.4 Å². The first-order valence-corrected chi connectivity index (χ1v) is 8.46. The van der Waals surface area contributed by atoms with Crippen LogP contribution in [-0.4, -0.2) is 33.2 Å². The van der Waals surface area contributed by atoms with Crippen LogP contribution in [0.15, 0.2) is 29.4 Å². The molecule has 1 atom stereocenters. The molecule has 23 heavy (non-hydrogen) atoms. The lowest BCUT2D eigenvalue weighted by molar-refractivity contribution is -0.140. The Kier molecular flexibility index (Phi) is 6.04. The monoisotopic (exact) mass is 334 g/mol. The number of ether oxygens (including phenoxy) is 1. The third-order valence-electron chi connectivity index (χ3n) is 3.51. The highest BCUT2D eigenvalue weighted by Crippen LogP contribution is 2.28. The number of benzene rings is 1. The SMILES string of the molecule is CCCCC(Sc1nnc(-c2ccc(C)cc2)n1N)C(=O)OC. The van der Waals surface area contributed by atoms with E-state index in [4.69, 9.17) is 10.6 Å². The van der Waals surface area contributed by atoms with Crippen molar-refractivity contribution >= 4 is 17.7 Å². The van der Waals surface area contributed by atoms with Gasteiger partial charge in [0, 0.05) is 5.56 Å². The third kappa shape index (κ3) is 4.25. The maximum Gasteiger partial charge on any atom is 0.319 e. The van der Waals surface area contributed by atoms with Crippen LogP contribution >= 0.6 is 11.8 Å². The Hall–Kier alpha value is -2.02. The van der Waals surface area contributed by atoms with Gasteiger partial charge in [-0.15, -0.1) is 10.2 Å². The summed E-state index contributed by atoms with van der Waals surface area (Å²) in [4.78, 5) is 11.9. The number of methoxy groups -OCH3 is 1. The second kappa shape index (κ2) is 8.01. The summed E-state index contributed by atoms with van der Waals surface area (Å²) in [6, 6.07) is 7.89. The van der Waals surface area contributed by atoms with Crippen LogP contribution in [0.25, 0.3) is 11.4 Å². The van der Waals surface area contributed by atoms with Gasteiger partial charge in [0.1, 0.15) is 5.25 Å². The average Bonchev–Trinajstić information content (AvgIpc) is 2.92. The zero-order valence-corrected chi connectivity index (χ0v) is 14.5. The van der Waals surface area contributed by atoms with Gasteiger partial charge in [-0.1, -0.05) is 61.4 Å². The molecule has 0 radical (unpaired) electrons. The van der Waals surface area contributed by atoms with Gasteiger partial charge in [0.05, 0.1) is 7.11 Å². The standard InChI is InChI=1S/C16H22N4O2S/c1-4-5-6-13(15(21)22-3)23-16-19-18-14(20(16)17)12-9-7-11(2)8-10-12/h7-10,13H,4-6,17H2,1-3H3. The van der Waals surface area contributed by atoms with Gasteiger partial charge in [-0.3, -0.25) is 4.79 Å². The molecule has 0 aliphatic rings. The van der Waals surface area contributed by atoms with Crippen LogP contribution in [0.5, 0.6) is 0 Å². The minimum Gasteiger partial charge on any atom is -0.468 e. The Morgan fingerprint density at radius 1 is 1.35 bits per heavy atom. The molecule has 0 aliphatic heterocycles. The molecule has 0 fully saturated rings. The van der Waals surface area contributed by atoms with Crippen molar-refractivity contribution < 1.29 is 9.53 Å². The Bertz CT molecular complexity index is 655. The number of nitrogens with two attached hydrogens (primary N) is 1. The van der Waals surface area contributed by atoms with E-state index in [2.05, 4.69) is 17.1 Å². The number of esters is 1. The second-order valence-electron chi connectivity index (χ2n) is 5.31. The van der Waals surface area contributed by atoms with E-state index in [1.54, 1.807) is 0 Å². The summed E-state index contributed by atoms with van der Waals surface area (Å²) in [7, 11) is 1.40. The smallest absolute Gasteiger partial charge is 0.319 e. The van der Waals surface area contributed by atoms with Gasteiger partial charge in [-0.05, 0) is 13.3 Å². The minimum absolute atomic E-state index is 0.261. The Labute approximate surface area is 140 Å². The molecule has 0 aliphatic carbocycles. The lowest BCUT2D eigenvalue weighted by atomic mass is 10.1. The van der Waals surface area contributed by atoms with E-state index in [0.717, 1.165) is 30.4 Å². The highest BCUT2D eigenvalue weighted by atomic mass is 32.2. The van der Waals surface area contributed by atoms with Crippen LogP contribution in [0.1, 0.15) is 31.7 Å². The summed E-state index contributed by atoms with van der Waals surface area (Å²) in [5.41, 5.74) is 2.05. The van der Waals surface area contributed by atoms with Gasteiger partial charge in [0.2, 0.25) is 5.16 Å². The van der Waals surface area contributed by atoms with Crippen molar-refractivity contribution in [2.45, 2.75) is 43.5 Å². The van der Waals surface area contributed by atoms with E-state index in [9.17, 15) is 4.79 Å². The molecule has 2 aromatic rings. The summed E-state index contributed by atoms with van der Waals surface area (Å²) in [5.74, 6) is 6.43. The fourth-order valence-electron chi connectivity index (χ4n) is 2.13. The summed E-state index contributed by atoms with van der Waals surface area (Å²) in [6.07, 6.45) is 2.68. The first kappa shape index (κ1) is 17.3. The van der Waals surface area contributed by atoms with Crippen LogP contribution in [-0.2, 0) is 9.53 Å². The van der Waals surface area contributed by atoms with Crippen molar-refractivity contribution in [3.63, 3.8) is 0 Å². The van der Waals surface area contributed by atoms with Crippen LogP contribution in [0.4, 0.5) is 0 Å². The Balaban J connectivity index is 2.20. The number of carbonyl (C=O) groups is 1. The van der Waals surface area contributed by atoms with Gasteiger partial charge in [-0.2, -0.15) is 0 Å². The van der Waals surface area contributed by atoms with Crippen LogP contribution < -0.4 is 5.84 Å². The van der Waals surface area contributed by atoms with E-state index in [0.29, 0.717) is 11.0 Å². The van der Waals surface area contributed by atoms with Gasteiger partial charge in [0.25, 0.3) is 0 Å². The van der Waals surface area contributed by atoms with Gasteiger partial charge in [0.15, 0.2) is 5.82 Å². The molecule has 0 saturated heterocycles. The number of rotatable bonds is 7. The normalized spacial score (nSPS) is 12.1. The Morgan fingerprint density at radius 2 is 2.04 bits per heavy atom. The zero-order chi connectivity index (χ0) is 16.8. The molecule has 2 rings (SSSR count). The summed E-state index contributed by atoms with van der Waals surface area (Å²) >= 11 is 1.30. The zero-order valence-electron chi connectivity index (χ0n) is 13.7. The number of hydrogen-bond acceptors (Lipinski definition) is 6. The predicted molar refractivity (Wildman–Crippen MR) is 91.5 cm³/mol. The van der Waals surface area contributed by atoms with Crippen LogP contribution in [0.3, 0.4) is 0 Å². The van der Waals surface area contributed by atoms with Gasteiger partial charge >= 0.3 is 5.97 Å². The molecule has 1 heterocycles. The molecule has 124 valence electrons. The summed E-state index contributed by atoms with van der Waals surface area (Å²) in [5, 5.41) is 8.46. The molecule has 2 N–H and O–H groups in total. The summed E-state index contributed by atoms with van der Waals surface area (Å²) in [6.45, 7) is 4.10. The molecule has 0 bridgehead atoms. The number of aryl methyl sites for hydroxylation is 1. The second-order valence-corrected chi connectivity index (χ2v) is 6.48. The molecular weight excluding hydrogens is 312 g/mol. The number of aromatic nitrogens is 3. The lowest BCUT2D eigenvalue weighted by Crippen LogP contribution is -2.21. The molecule has 0 spiro atoms. The number of thioether (sulfide) groups is 1. The minimum atomic E-state index is -0.322. The predicted octanol–water partition coefficient (Wildman–Crippen LogP) is 2.79. The topological polar surface area (TPSA) is 83.0 Å². The lowest BCUT2D eigenvalue weighted by Gasteiger charge is -2.13. The van der Waals surface area contributed by atoms with E-state index in [1.165, 1.54) is 23.5 Å². The number of hydrogen-bond donors (Lipinski definition) is 1. The maximum absolute atomic E-state index is 11.9. The molecule has 1 aromatic heterocycles. The fourth-order valence-corrected chi connectivity index (χ4v) is 3.15. The van der Waals surface area contributed by atoms with Crippen molar-refractivity contribution in [3.05, 3.63) is 29.8 Å². The van der Waals surface area contributed by atoms with E-state index >= 15 is 0 Å².